The molecule has 0 aliphatic heterocycles. The lowest BCUT2D eigenvalue weighted by atomic mass is 9.67. The summed E-state index contributed by atoms with van der Waals surface area (Å²) >= 11 is 0. The van der Waals surface area contributed by atoms with Crippen molar-refractivity contribution in [2.75, 3.05) is 24.0 Å². The van der Waals surface area contributed by atoms with Crippen molar-refractivity contribution in [2.45, 2.75) is 24.7 Å². The maximum Gasteiger partial charge on any atom is 0.128 e. The summed E-state index contributed by atoms with van der Waals surface area (Å²) < 4.78 is 56.6. The second-order valence-electron chi connectivity index (χ2n) is 25.9. The van der Waals surface area contributed by atoms with Crippen molar-refractivity contribution >= 4 is 46.3 Å². The zero-order valence-electron chi connectivity index (χ0n) is 56.9. The van der Waals surface area contributed by atoms with E-state index in [1.165, 1.54) is 0 Å². The third-order valence-electron chi connectivity index (χ3n) is 20.3. The number of hydrogen-bond donors (Lipinski definition) is 0. The molecule has 0 spiro atoms. The van der Waals surface area contributed by atoms with E-state index in [-0.39, 0.29) is 11.6 Å². The Labute approximate surface area is 594 Å². The predicted octanol–water partition coefficient (Wildman–Crippen LogP) is 24.8. The molecule has 2 aliphatic rings. The number of anilines is 6. The second kappa shape index (κ2) is 26.5. The third-order valence-corrected chi connectivity index (χ3v) is 20.3. The molecule has 2 aliphatic carbocycles. The Hall–Kier alpha value is -12.8. The highest BCUT2D eigenvalue weighted by atomic mass is 19.1. The Kier molecular flexibility index (Phi) is 16.6. The van der Waals surface area contributed by atoms with Crippen molar-refractivity contribution in [3.8, 4) is 67.9 Å². The SMILES string of the molecule is C=Cc1ccc(Oc2ccc(C3(c4ccc(OC)cc4)c4ccccc4-c4ccc(N(c5ccc(-c6ccc(N(c7ccc(C)c(F)c7)c7ccc8c(c7)C(c7ccc(OC)cc7)(c7ccc(Oc9ccc(C=C)cc9)cc7)c7ccccc7-8)cc6)cc5)c5ccc(C)c(F)c5)cc43)cc2)cc1. The van der Waals surface area contributed by atoms with E-state index >= 15 is 8.78 Å². The van der Waals surface area contributed by atoms with E-state index in [2.05, 4.69) is 205 Å². The van der Waals surface area contributed by atoms with Gasteiger partial charge in [0.05, 0.1) is 25.0 Å². The molecule has 0 saturated heterocycles. The lowest BCUT2D eigenvalue weighted by Crippen LogP contribution is -2.28. The Morgan fingerprint density at radius 1 is 0.294 bits per heavy atom. The summed E-state index contributed by atoms with van der Waals surface area (Å²) in [6.45, 7) is 11.4. The summed E-state index contributed by atoms with van der Waals surface area (Å²) in [5, 5.41) is 0. The Morgan fingerprint density at radius 2 is 0.578 bits per heavy atom. The van der Waals surface area contributed by atoms with Crippen molar-refractivity contribution in [1.82, 2.24) is 0 Å². The van der Waals surface area contributed by atoms with Crippen LogP contribution < -0.4 is 28.7 Å². The molecule has 0 aromatic heterocycles. The summed E-state index contributed by atoms with van der Waals surface area (Å²) in [7, 11) is 3.37. The van der Waals surface area contributed by atoms with Crippen LogP contribution in [0.3, 0.4) is 0 Å². The van der Waals surface area contributed by atoms with E-state index in [9.17, 15) is 0 Å². The minimum Gasteiger partial charge on any atom is -0.497 e. The molecule has 0 radical (unpaired) electrons. The molecular formula is C94H70F2N2O4. The number of hydrogen-bond acceptors (Lipinski definition) is 6. The van der Waals surface area contributed by atoms with Crippen LogP contribution in [0.15, 0.2) is 329 Å². The predicted molar refractivity (Wildman–Crippen MR) is 412 cm³/mol. The first kappa shape index (κ1) is 63.9. The van der Waals surface area contributed by atoms with Crippen molar-refractivity contribution in [2.24, 2.45) is 0 Å². The van der Waals surface area contributed by atoms with E-state index in [0.29, 0.717) is 34.0 Å². The molecule has 0 bridgehead atoms. The van der Waals surface area contributed by atoms with Gasteiger partial charge in [0.2, 0.25) is 0 Å². The molecule has 494 valence electrons. The molecule has 6 nitrogen and oxygen atoms in total. The van der Waals surface area contributed by atoms with Crippen molar-refractivity contribution in [1.29, 1.82) is 0 Å². The maximum atomic E-state index is 16.1. The van der Waals surface area contributed by atoms with Gasteiger partial charge in [-0.05, 0) is 260 Å². The fourth-order valence-electron chi connectivity index (χ4n) is 15.2. The normalized spacial score (nSPS) is 14.5. The van der Waals surface area contributed by atoms with E-state index in [0.717, 1.165) is 135 Å². The quantitative estimate of drug-likeness (QED) is 0.0804. The molecule has 0 fully saturated rings. The third kappa shape index (κ3) is 11.1. The van der Waals surface area contributed by atoms with Crippen LogP contribution in [0, 0.1) is 25.5 Å². The van der Waals surface area contributed by atoms with Gasteiger partial charge in [-0.25, -0.2) is 8.78 Å². The standard InChI is InChI=1S/C94H70F2N2O4/c1-7-63-19-43-79(44-20-63)101-81-51-31-69(32-52-81)93(67-27-47-77(99-5)48-28-67)87-15-11-9-13-83(87)85-55-41-73(57-89(85)93)97(75-35-17-61(3)91(95)59-75)71-37-23-65(24-38-71)66-25-39-72(40-26-66)98(76-36-18-62(4)92(96)60-76)74-42-56-86-84-14-10-12-16-88(84)94(90(86)58-74,68-29-49-78(100-6)50-30-68)70-33-53-82(54-34-70)102-80-45-21-64(8-2)22-46-80/h7-60H,1-2H2,3-6H3. The number of rotatable bonds is 19. The van der Waals surface area contributed by atoms with Crippen LogP contribution in [0.1, 0.15) is 66.8 Å². The Balaban J connectivity index is 0.777. The first-order valence-corrected chi connectivity index (χ1v) is 34.1. The van der Waals surface area contributed by atoms with Crippen LogP contribution in [-0.2, 0) is 10.8 Å². The van der Waals surface area contributed by atoms with E-state index in [1.807, 2.05) is 133 Å². The lowest BCUT2D eigenvalue weighted by molar-refractivity contribution is 0.414. The molecule has 2 atom stereocenters. The monoisotopic (exact) mass is 1330 g/mol. The highest BCUT2D eigenvalue weighted by molar-refractivity contribution is 5.92. The molecule has 14 aromatic rings. The summed E-state index contributed by atoms with van der Waals surface area (Å²) in [5.74, 6) is 3.76. The summed E-state index contributed by atoms with van der Waals surface area (Å²) in [5.41, 5.74) is 21.2. The van der Waals surface area contributed by atoms with Gasteiger partial charge >= 0.3 is 0 Å². The van der Waals surface area contributed by atoms with Gasteiger partial charge in [-0.15, -0.1) is 0 Å². The largest absolute Gasteiger partial charge is 0.497 e. The van der Waals surface area contributed by atoms with Crippen molar-refractivity contribution < 1.29 is 27.7 Å². The molecule has 8 heteroatoms. The number of methoxy groups -OCH3 is 2. The number of fused-ring (bicyclic) bond motifs is 6. The average Bonchev–Trinajstić information content (AvgIpc) is 1.54. The van der Waals surface area contributed by atoms with Crippen molar-refractivity contribution in [3.63, 3.8) is 0 Å². The summed E-state index contributed by atoms with van der Waals surface area (Å²) in [6, 6.07) is 108. The first-order chi connectivity index (χ1) is 49.9. The minimum atomic E-state index is -0.806. The second-order valence-corrected chi connectivity index (χ2v) is 25.9. The maximum absolute atomic E-state index is 16.1. The Morgan fingerprint density at radius 3 is 0.902 bits per heavy atom. The topological polar surface area (TPSA) is 43.4 Å². The zero-order chi connectivity index (χ0) is 69.6. The smallest absolute Gasteiger partial charge is 0.128 e. The average molecular weight is 1330 g/mol. The molecular weight excluding hydrogens is 1260 g/mol. The molecule has 16 rings (SSSR count). The molecule has 102 heavy (non-hydrogen) atoms. The van der Waals surface area contributed by atoms with Crippen LogP contribution >= 0.6 is 0 Å². The number of nitrogens with zero attached hydrogens (tertiary/aromatic N) is 2. The molecule has 0 saturated carbocycles. The van der Waals surface area contributed by atoms with Gasteiger partial charge < -0.3 is 28.7 Å². The highest BCUT2D eigenvalue weighted by Crippen LogP contribution is 2.60. The molecule has 2 unspecified atom stereocenters. The van der Waals surface area contributed by atoms with Crippen molar-refractivity contribution in [3.05, 3.63) is 407 Å². The molecule has 0 heterocycles. The number of aryl methyl sites for hydroxylation is 2. The van der Waals surface area contributed by atoms with Crippen LogP contribution in [0.2, 0.25) is 0 Å². The minimum absolute atomic E-state index is 0.304. The van der Waals surface area contributed by atoms with E-state index < -0.39 is 10.8 Å². The van der Waals surface area contributed by atoms with Gasteiger partial charge in [0.15, 0.2) is 0 Å². The number of halogens is 2. The Bertz CT molecular complexity index is 5140. The molecule has 0 N–H and O–H groups in total. The van der Waals surface area contributed by atoms with Crippen LogP contribution in [0.4, 0.5) is 42.9 Å². The van der Waals surface area contributed by atoms with Gasteiger partial charge in [-0.3, -0.25) is 0 Å². The zero-order valence-corrected chi connectivity index (χ0v) is 56.9. The van der Waals surface area contributed by atoms with Gasteiger partial charge in [0.1, 0.15) is 46.1 Å². The van der Waals surface area contributed by atoms with Gasteiger partial charge in [-0.1, -0.05) is 195 Å². The fraction of sp³-hybridized carbons (Fsp3) is 0.0638. The lowest BCUT2D eigenvalue weighted by Gasteiger charge is -2.35. The first-order valence-electron chi connectivity index (χ1n) is 34.1. The van der Waals surface area contributed by atoms with Gasteiger partial charge in [0, 0.05) is 34.1 Å². The number of ether oxygens (including phenoxy) is 4. The van der Waals surface area contributed by atoms with Crippen LogP contribution in [0.25, 0.3) is 45.5 Å². The van der Waals surface area contributed by atoms with Crippen LogP contribution in [0.5, 0.6) is 34.5 Å². The van der Waals surface area contributed by atoms with Gasteiger partial charge in [0.25, 0.3) is 0 Å². The van der Waals surface area contributed by atoms with E-state index in [4.69, 9.17) is 18.9 Å². The van der Waals surface area contributed by atoms with E-state index in [1.54, 1.807) is 40.2 Å². The highest BCUT2D eigenvalue weighted by Gasteiger charge is 2.48. The fourth-order valence-corrected chi connectivity index (χ4v) is 15.2. The van der Waals surface area contributed by atoms with Gasteiger partial charge in [-0.2, -0.15) is 0 Å². The number of benzene rings is 14. The molecule has 0 amide bonds. The van der Waals surface area contributed by atoms with Crippen LogP contribution in [-0.4, -0.2) is 14.2 Å². The summed E-state index contributed by atoms with van der Waals surface area (Å²) in [6.07, 6.45) is 3.63. The summed E-state index contributed by atoms with van der Waals surface area (Å²) in [4.78, 5) is 4.27. The molecule has 14 aromatic carbocycles.